The minimum absolute atomic E-state index is 0.191. The molecule has 1 aliphatic rings. The van der Waals surface area contributed by atoms with Gasteiger partial charge in [0.15, 0.2) is 9.84 Å². The van der Waals surface area contributed by atoms with E-state index in [2.05, 4.69) is 6.08 Å². The zero-order chi connectivity index (χ0) is 12.1. The number of hydrogen-bond donors (Lipinski definition) is 0. The van der Waals surface area contributed by atoms with Gasteiger partial charge in [-0.15, -0.1) is 0 Å². The molecule has 0 saturated heterocycles. The maximum absolute atomic E-state index is 12.2. The highest BCUT2D eigenvalue weighted by atomic mass is 32.2. The topological polar surface area (TPSA) is 34.1 Å². The molecule has 17 heavy (non-hydrogen) atoms. The molecule has 0 unspecified atom stereocenters. The molecule has 0 saturated carbocycles. The molecule has 0 amide bonds. The summed E-state index contributed by atoms with van der Waals surface area (Å²) in [6.07, 6.45) is 7.61. The van der Waals surface area contributed by atoms with Gasteiger partial charge in [-0.3, -0.25) is 0 Å². The van der Waals surface area contributed by atoms with Crippen molar-refractivity contribution in [2.75, 3.05) is 5.75 Å². The summed E-state index contributed by atoms with van der Waals surface area (Å²) in [6.45, 7) is 0. The van der Waals surface area contributed by atoms with Gasteiger partial charge >= 0.3 is 0 Å². The molecule has 0 bridgehead atoms. The van der Waals surface area contributed by atoms with Gasteiger partial charge in [0.2, 0.25) is 0 Å². The average Bonchev–Trinajstić information content (AvgIpc) is 2.58. The maximum Gasteiger partial charge on any atom is 0.182 e. The van der Waals surface area contributed by atoms with Crippen molar-refractivity contribution in [2.45, 2.75) is 37.0 Å². The van der Waals surface area contributed by atoms with Gasteiger partial charge in [0.25, 0.3) is 0 Å². The molecule has 0 aromatic heterocycles. The lowest BCUT2D eigenvalue weighted by atomic mass is 10.1. The number of allylic oxidation sites excluding steroid dienone is 1. The van der Waals surface area contributed by atoms with Crippen LogP contribution in [0.15, 0.2) is 46.9 Å². The van der Waals surface area contributed by atoms with E-state index >= 15 is 0 Å². The molecule has 0 fully saturated rings. The van der Waals surface area contributed by atoms with Crippen LogP contribution in [0.3, 0.4) is 0 Å². The molecule has 0 radical (unpaired) electrons. The van der Waals surface area contributed by atoms with E-state index in [9.17, 15) is 8.42 Å². The molecule has 0 spiro atoms. The quantitative estimate of drug-likeness (QED) is 0.771. The predicted molar refractivity (Wildman–Crippen MR) is 69.7 cm³/mol. The van der Waals surface area contributed by atoms with Gasteiger partial charge < -0.3 is 0 Å². The number of hydrogen-bond acceptors (Lipinski definition) is 2. The monoisotopic (exact) mass is 250 g/mol. The summed E-state index contributed by atoms with van der Waals surface area (Å²) in [5.41, 5.74) is 1.09. The van der Waals surface area contributed by atoms with E-state index in [1.54, 1.807) is 24.3 Å². The molecule has 0 N–H and O–H groups in total. The SMILES string of the molecule is O=S(=O)(CC1=CCCCCC1)c1ccccc1. The fourth-order valence-corrected chi connectivity index (χ4v) is 3.66. The molecule has 1 aromatic carbocycles. The van der Waals surface area contributed by atoms with Crippen LogP contribution in [0.2, 0.25) is 0 Å². The fraction of sp³-hybridized carbons (Fsp3) is 0.429. The van der Waals surface area contributed by atoms with Gasteiger partial charge in [-0.25, -0.2) is 8.42 Å². The van der Waals surface area contributed by atoms with Crippen molar-refractivity contribution in [1.82, 2.24) is 0 Å². The molecule has 92 valence electrons. The summed E-state index contributed by atoms with van der Waals surface area (Å²) in [6, 6.07) is 8.73. The number of benzene rings is 1. The van der Waals surface area contributed by atoms with Crippen molar-refractivity contribution in [3.63, 3.8) is 0 Å². The third-order valence-electron chi connectivity index (χ3n) is 3.11. The summed E-state index contributed by atoms with van der Waals surface area (Å²) >= 11 is 0. The molecule has 1 aliphatic carbocycles. The van der Waals surface area contributed by atoms with Crippen LogP contribution in [-0.4, -0.2) is 14.2 Å². The predicted octanol–water partition coefficient (Wildman–Crippen LogP) is 3.35. The van der Waals surface area contributed by atoms with E-state index in [0.29, 0.717) is 4.90 Å². The number of rotatable bonds is 3. The van der Waals surface area contributed by atoms with Crippen LogP contribution in [0.1, 0.15) is 32.1 Å². The largest absolute Gasteiger partial charge is 0.223 e. The highest BCUT2D eigenvalue weighted by Gasteiger charge is 2.16. The summed E-state index contributed by atoms with van der Waals surface area (Å²) < 4.78 is 24.3. The van der Waals surface area contributed by atoms with Crippen LogP contribution in [0.25, 0.3) is 0 Å². The fourth-order valence-electron chi connectivity index (χ4n) is 2.17. The van der Waals surface area contributed by atoms with E-state index < -0.39 is 9.84 Å². The van der Waals surface area contributed by atoms with Gasteiger partial charge in [-0.2, -0.15) is 0 Å². The molecule has 2 rings (SSSR count). The van der Waals surface area contributed by atoms with E-state index in [0.717, 1.165) is 24.8 Å². The second-order valence-corrected chi connectivity index (χ2v) is 6.52. The van der Waals surface area contributed by atoms with E-state index in [-0.39, 0.29) is 5.75 Å². The highest BCUT2D eigenvalue weighted by molar-refractivity contribution is 7.91. The Morgan fingerprint density at radius 2 is 1.76 bits per heavy atom. The maximum atomic E-state index is 12.2. The Morgan fingerprint density at radius 3 is 2.53 bits per heavy atom. The van der Waals surface area contributed by atoms with Crippen molar-refractivity contribution >= 4 is 9.84 Å². The molecule has 0 atom stereocenters. The molecule has 3 heteroatoms. The molecule has 0 aliphatic heterocycles. The second-order valence-electron chi connectivity index (χ2n) is 4.53. The highest BCUT2D eigenvalue weighted by Crippen LogP contribution is 2.21. The zero-order valence-corrected chi connectivity index (χ0v) is 10.7. The molecule has 0 heterocycles. The summed E-state index contributed by atoms with van der Waals surface area (Å²) in [7, 11) is -3.14. The van der Waals surface area contributed by atoms with Crippen LogP contribution in [0.5, 0.6) is 0 Å². The first-order chi connectivity index (χ1) is 8.18. The lowest BCUT2D eigenvalue weighted by Crippen LogP contribution is -2.09. The summed E-state index contributed by atoms with van der Waals surface area (Å²) in [5, 5.41) is 0. The Balaban J connectivity index is 2.15. The minimum atomic E-state index is -3.14. The first-order valence-corrected chi connectivity index (χ1v) is 7.79. The minimum Gasteiger partial charge on any atom is -0.223 e. The first-order valence-electron chi connectivity index (χ1n) is 6.14. The Morgan fingerprint density at radius 1 is 1.00 bits per heavy atom. The first kappa shape index (κ1) is 12.4. The van der Waals surface area contributed by atoms with Crippen LogP contribution in [0, 0.1) is 0 Å². The van der Waals surface area contributed by atoms with Crippen LogP contribution < -0.4 is 0 Å². The van der Waals surface area contributed by atoms with E-state index in [4.69, 9.17) is 0 Å². The lowest BCUT2D eigenvalue weighted by molar-refractivity contribution is 0.597. The summed E-state index contributed by atoms with van der Waals surface area (Å²) in [4.78, 5) is 0.435. The third-order valence-corrected chi connectivity index (χ3v) is 4.85. The van der Waals surface area contributed by atoms with Crippen molar-refractivity contribution in [3.8, 4) is 0 Å². The smallest absolute Gasteiger partial charge is 0.182 e. The zero-order valence-electron chi connectivity index (χ0n) is 9.93. The Labute approximate surface area is 103 Å². The average molecular weight is 250 g/mol. The van der Waals surface area contributed by atoms with Gasteiger partial charge in [-0.1, -0.05) is 36.3 Å². The van der Waals surface area contributed by atoms with Gasteiger partial charge in [0, 0.05) is 0 Å². The Kier molecular flexibility index (Phi) is 4.00. The van der Waals surface area contributed by atoms with Gasteiger partial charge in [-0.05, 0) is 37.8 Å². The third kappa shape index (κ3) is 3.43. The molecule has 2 nitrogen and oxygen atoms in total. The Bertz CT molecular complexity index is 486. The number of sulfone groups is 1. The van der Waals surface area contributed by atoms with Crippen LogP contribution in [-0.2, 0) is 9.84 Å². The van der Waals surface area contributed by atoms with Crippen molar-refractivity contribution in [2.24, 2.45) is 0 Å². The van der Waals surface area contributed by atoms with Crippen LogP contribution in [0.4, 0.5) is 0 Å². The van der Waals surface area contributed by atoms with Gasteiger partial charge in [0.1, 0.15) is 0 Å². The molecular formula is C14H18O2S. The van der Waals surface area contributed by atoms with E-state index in [1.807, 2.05) is 6.07 Å². The molecule has 1 aromatic rings. The summed E-state index contributed by atoms with van der Waals surface area (Å²) in [5.74, 6) is 0.191. The van der Waals surface area contributed by atoms with Gasteiger partial charge in [0.05, 0.1) is 10.6 Å². The molecular weight excluding hydrogens is 232 g/mol. The second kappa shape index (κ2) is 5.50. The van der Waals surface area contributed by atoms with Crippen molar-refractivity contribution in [3.05, 3.63) is 42.0 Å². The normalized spacial score (nSPS) is 17.3. The Hall–Kier alpha value is -1.09. The van der Waals surface area contributed by atoms with E-state index in [1.165, 1.54) is 12.8 Å². The van der Waals surface area contributed by atoms with Crippen molar-refractivity contribution < 1.29 is 8.42 Å². The lowest BCUT2D eigenvalue weighted by Gasteiger charge is -2.07. The standard InChI is InChI=1S/C14H18O2S/c15-17(16,14-10-6-3-7-11-14)12-13-8-4-1-2-5-9-13/h3,6-8,10-11H,1-2,4-5,9,12H2. The van der Waals surface area contributed by atoms with Crippen molar-refractivity contribution in [1.29, 1.82) is 0 Å². The van der Waals surface area contributed by atoms with Crippen LogP contribution >= 0.6 is 0 Å².